The first-order valence-corrected chi connectivity index (χ1v) is 7.82. The topological polar surface area (TPSA) is 87.2 Å². The first kappa shape index (κ1) is 14.4. The van der Waals surface area contributed by atoms with Crippen LogP contribution in [0.4, 0.5) is 0 Å². The highest BCUT2D eigenvalue weighted by Gasteiger charge is 2.24. The zero-order valence-electron chi connectivity index (χ0n) is 10.6. The van der Waals surface area contributed by atoms with Gasteiger partial charge in [0, 0.05) is 19.0 Å². The quantitative estimate of drug-likeness (QED) is 0.556. The lowest BCUT2D eigenvalue weighted by Crippen LogP contribution is -2.43. The van der Waals surface area contributed by atoms with Gasteiger partial charge in [-0.1, -0.05) is 0 Å². The summed E-state index contributed by atoms with van der Waals surface area (Å²) in [5.41, 5.74) is 5.50. The van der Waals surface area contributed by atoms with Crippen molar-refractivity contribution >= 4 is 15.7 Å². The van der Waals surface area contributed by atoms with Crippen LogP contribution in [0.2, 0.25) is 0 Å². The molecular weight excluding hydrogens is 238 g/mol. The van der Waals surface area contributed by atoms with Gasteiger partial charge in [0.25, 0.3) is 0 Å². The molecule has 1 rings (SSSR count). The van der Waals surface area contributed by atoms with E-state index in [2.05, 4.69) is 4.90 Å². The highest BCUT2D eigenvalue weighted by atomic mass is 32.2. The van der Waals surface area contributed by atoms with Gasteiger partial charge in [-0.2, -0.15) is 0 Å². The fourth-order valence-electron chi connectivity index (χ4n) is 2.00. The molecule has 0 amide bonds. The molecule has 0 aromatic rings. The summed E-state index contributed by atoms with van der Waals surface area (Å²) < 4.78 is 23.4. The molecule has 0 spiro atoms. The second-order valence-electron chi connectivity index (χ2n) is 5.01. The predicted molar refractivity (Wildman–Crippen MR) is 70.0 cm³/mol. The highest BCUT2D eigenvalue weighted by molar-refractivity contribution is 7.92. The van der Waals surface area contributed by atoms with E-state index in [0.717, 1.165) is 25.9 Å². The van der Waals surface area contributed by atoms with E-state index in [1.165, 1.54) is 0 Å². The van der Waals surface area contributed by atoms with Crippen molar-refractivity contribution in [3.8, 4) is 0 Å². The number of hydrogen-bond acceptors (Lipinski definition) is 4. The van der Waals surface area contributed by atoms with E-state index in [9.17, 15) is 8.42 Å². The van der Waals surface area contributed by atoms with Crippen molar-refractivity contribution in [2.45, 2.75) is 31.9 Å². The van der Waals surface area contributed by atoms with E-state index in [1.54, 1.807) is 13.8 Å². The molecule has 0 saturated carbocycles. The zero-order valence-corrected chi connectivity index (χ0v) is 11.5. The zero-order chi connectivity index (χ0) is 13.1. The molecule has 3 N–H and O–H groups in total. The number of hydrogen-bond donors (Lipinski definition) is 2. The third-order valence-corrected chi connectivity index (χ3v) is 5.54. The number of sulfone groups is 1. The van der Waals surface area contributed by atoms with Crippen molar-refractivity contribution in [1.82, 2.24) is 4.90 Å². The van der Waals surface area contributed by atoms with Crippen LogP contribution in [-0.4, -0.2) is 49.8 Å². The molecule has 17 heavy (non-hydrogen) atoms. The Balaban J connectivity index is 2.45. The Bertz CT molecular complexity index is 365. The van der Waals surface area contributed by atoms with Gasteiger partial charge in [-0.3, -0.25) is 5.41 Å². The molecule has 0 aromatic carbocycles. The Morgan fingerprint density at radius 3 is 2.71 bits per heavy atom. The average molecular weight is 261 g/mol. The van der Waals surface area contributed by atoms with Crippen molar-refractivity contribution in [3.05, 3.63) is 0 Å². The van der Waals surface area contributed by atoms with Gasteiger partial charge in [0.1, 0.15) is 0 Å². The summed E-state index contributed by atoms with van der Waals surface area (Å²) in [4.78, 5) is 2.11. The van der Waals surface area contributed by atoms with Crippen molar-refractivity contribution in [2.75, 3.05) is 25.4 Å². The summed E-state index contributed by atoms with van der Waals surface area (Å²) in [6.07, 6.45) is 1.94. The summed E-state index contributed by atoms with van der Waals surface area (Å²) in [6.45, 7) is 5.62. The maximum Gasteiger partial charge on any atom is 0.153 e. The van der Waals surface area contributed by atoms with Gasteiger partial charge >= 0.3 is 0 Å². The second-order valence-corrected chi connectivity index (χ2v) is 7.69. The van der Waals surface area contributed by atoms with Crippen LogP contribution < -0.4 is 5.73 Å². The molecule has 5 nitrogen and oxygen atoms in total. The van der Waals surface area contributed by atoms with Gasteiger partial charge in [0.2, 0.25) is 0 Å². The lowest BCUT2D eigenvalue weighted by molar-refractivity contribution is 0.214. The summed E-state index contributed by atoms with van der Waals surface area (Å²) in [6, 6.07) is 0. The molecule has 1 saturated heterocycles. The number of piperidine rings is 1. The molecule has 1 fully saturated rings. The standard InChI is InChI=1S/C11H23N3O2S/c1-9(2)17(15,16)7-6-14-5-3-4-10(8-14)11(12)13/h9-10H,3-8H2,1-2H3,(H3,12,13). The maximum atomic E-state index is 11.7. The minimum absolute atomic E-state index is 0.102. The van der Waals surface area contributed by atoms with Gasteiger partial charge in [-0.15, -0.1) is 0 Å². The molecule has 1 atom stereocenters. The Kier molecular flexibility index (Phi) is 4.94. The molecule has 0 aromatic heterocycles. The van der Waals surface area contributed by atoms with Crippen molar-refractivity contribution in [2.24, 2.45) is 11.7 Å². The number of nitrogens with zero attached hydrogens (tertiary/aromatic N) is 1. The highest BCUT2D eigenvalue weighted by Crippen LogP contribution is 2.16. The maximum absolute atomic E-state index is 11.7. The molecule has 6 heteroatoms. The Labute approximate surface area is 104 Å². The molecule has 100 valence electrons. The summed E-state index contributed by atoms with van der Waals surface area (Å²) in [5.74, 6) is 0.530. The minimum atomic E-state index is -2.96. The molecule has 0 bridgehead atoms. The van der Waals surface area contributed by atoms with Gasteiger partial charge in [-0.05, 0) is 33.2 Å². The van der Waals surface area contributed by atoms with Crippen LogP contribution in [0.15, 0.2) is 0 Å². The van der Waals surface area contributed by atoms with Crippen LogP contribution in [0.5, 0.6) is 0 Å². The van der Waals surface area contributed by atoms with Gasteiger partial charge in [0.15, 0.2) is 9.84 Å². The fraction of sp³-hybridized carbons (Fsp3) is 0.909. The van der Waals surface area contributed by atoms with E-state index >= 15 is 0 Å². The smallest absolute Gasteiger partial charge is 0.153 e. The SMILES string of the molecule is CC(C)S(=O)(=O)CCN1CCCC(C(=N)N)C1. The van der Waals surface area contributed by atoms with Crippen LogP contribution in [0.3, 0.4) is 0 Å². The third kappa shape index (κ3) is 4.27. The van der Waals surface area contributed by atoms with Crippen LogP contribution in [0.25, 0.3) is 0 Å². The Hall–Kier alpha value is -0.620. The number of nitrogens with two attached hydrogens (primary N) is 1. The second kappa shape index (κ2) is 5.82. The Morgan fingerprint density at radius 2 is 2.18 bits per heavy atom. The van der Waals surface area contributed by atoms with Gasteiger partial charge in [-0.25, -0.2) is 8.42 Å². The van der Waals surface area contributed by atoms with E-state index in [0.29, 0.717) is 6.54 Å². The first-order valence-electron chi connectivity index (χ1n) is 6.10. The first-order chi connectivity index (χ1) is 7.83. The molecule has 1 aliphatic heterocycles. The number of likely N-dealkylation sites (tertiary alicyclic amines) is 1. The van der Waals surface area contributed by atoms with Crippen LogP contribution >= 0.6 is 0 Å². The lowest BCUT2D eigenvalue weighted by atomic mass is 9.97. The van der Waals surface area contributed by atoms with Crippen LogP contribution in [0, 0.1) is 11.3 Å². The summed E-state index contributed by atoms with van der Waals surface area (Å²) in [5, 5.41) is 7.13. The average Bonchev–Trinajstić information content (AvgIpc) is 2.26. The van der Waals surface area contributed by atoms with Crippen LogP contribution in [-0.2, 0) is 9.84 Å². The molecule has 1 unspecified atom stereocenters. The number of nitrogens with one attached hydrogen (secondary N) is 1. The van der Waals surface area contributed by atoms with Crippen molar-refractivity contribution in [3.63, 3.8) is 0 Å². The molecule has 0 radical (unpaired) electrons. The molecule has 1 heterocycles. The fourth-order valence-corrected chi connectivity index (χ4v) is 2.99. The molecule has 0 aliphatic carbocycles. The monoisotopic (exact) mass is 261 g/mol. The van der Waals surface area contributed by atoms with Crippen molar-refractivity contribution < 1.29 is 8.42 Å². The summed E-state index contributed by atoms with van der Waals surface area (Å²) in [7, 11) is -2.96. The molecule has 1 aliphatic rings. The van der Waals surface area contributed by atoms with Gasteiger partial charge < -0.3 is 10.6 Å². The largest absolute Gasteiger partial charge is 0.387 e. The summed E-state index contributed by atoms with van der Waals surface area (Å²) >= 11 is 0. The van der Waals surface area contributed by atoms with Crippen molar-refractivity contribution in [1.29, 1.82) is 5.41 Å². The lowest BCUT2D eigenvalue weighted by Gasteiger charge is -2.32. The number of amidine groups is 1. The van der Waals surface area contributed by atoms with E-state index in [4.69, 9.17) is 11.1 Å². The Morgan fingerprint density at radius 1 is 1.53 bits per heavy atom. The van der Waals surface area contributed by atoms with E-state index in [-0.39, 0.29) is 22.8 Å². The molecular formula is C11H23N3O2S. The third-order valence-electron chi connectivity index (χ3n) is 3.36. The normalized spacial score (nSPS) is 22.9. The van der Waals surface area contributed by atoms with E-state index < -0.39 is 9.84 Å². The van der Waals surface area contributed by atoms with Gasteiger partial charge in [0.05, 0.1) is 16.8 Å². The number of rotatable bonds is 5. The minimum Gasteiger partial charge on any atom is -0.387 e. The van der Waals surface area contributed by atoms with E-state index in [1.807, 2.05) is 0 Å². The predicted octanol–water partition coefficient (Wildman–Crippen LogP) is 0.458. The van der Waals surface area contributed by atoms with Crippen LogP contribution in [0.1, 0.15) is 26.7 Å².